The first kappa shape index (κ1) is 16.6. The fraction of sp³-hybridized carbons (Fsp3) is 0.900. The lowest BCUT2D eigenvalue weighted by molar-refractivity contribution is -0.154. The van der Waals surface area contributed by atoms with E-state index in [0.29, 0.717) is 36.5 Å². The number of carbonyl (C=O) groups is 2. The summed E-state index contributed by atoms with van der Waals surface area (Å²) in [5.41, 5.74) is 5.68. The molecule has 4 aliphatic carbocycles. The highest BCUT2D eigenvalue weighted by molar-refractivity contribution is 6.01. The molecule has 0 spiro atoms. The maximum Gasteiger partial charge on any atom is 0.228 e. The number of amides is 1. The van der Waals surface area contributed by atoms with Crippen molar-refractivity contribution in [3.05, 3.63) is 0 Å². The van der Waals surface area contributed by atoms with Crippen LogP contribution in [0.3, 0.4) is 0 Å². The number of hydrogen-bond donors (Lipinski definition) is 2. The molecule has 0 aromatic heterocycles. The third kappa shape index (κ3) is 2.07. The molecule has 0 radical (unpaired) electrons. The SMILES string of the molecule is C[C@]12CC(C(N)=O)C(=O)C[C@@H]1CC[C@@H]1[C@@H]2CC[C@]2(C)[C@@H](O)CC[C@@H]12. The maximum atomic E-state index is 12.3. The van der Waals surface area contributed by atoms with Crippen LogP contribution < -0.4 is 5.73 Å². The smallest absolute Gasteiger partial charge is 0.228 e. The number of Topliss-reactive ketones (excluding diaryl/α,β-unsaturated/α-hetero) is 1. The van der Waals surface area contributed by atoms with Gasteiger partial charge in [-0.05, 0) is 79.4 Å². The molecule has 4 aliphatic rings. The molecule has 0 aromatic rings. The van der Waals surface area contributed by atoms with E-state index in [0.717, 1.165) is 32.1 Å². The van der Waals surface area contributed by atoms with Gasteiger partial charge in [0, 0.05) is 6.42 Å². The van der Waals surface area contributed by atoms with Crippen molar-refractivity contribution in [3.63, 3.8) is 0 Å². The quantitative estimate of drug-likeness (QED) is 0.724. The Balaban J connectivity index is 1.65. The molecule has 0 heterocycles. The second-order valence-electron chi connectivity index (χ2n) is 9.62. The Labute approximate surface area is 144 Å². The minimum Gasteiger partial charge on any atom is -0.393 e. The Morgan fingerprint density at radius 2 is 1.79 bits per heavy atom. The van der Waals surface area contributed by atoms with Gasteiger partial charge in [0.15, 0.2) is 0 Å². The van der Waals surface area contributed by atoms with Crippen molar-refractivity contribution in [2.24, 2.45) is 46.2 Å². The molecule has 1 amide bonds. The van der Waals surface area contributed by atoms with Gasteiger partial charge in [-0.3, -0.25) is 9.59 Å². The van der Waals surface area contributed by atoms with Crippen LogP contribution in [0.25, 0.3) is 0 Å². The number of primary amides is 1. The minimum atomic E-state index is -0.576. The summed E-state index contributed by atoms with van der Waals surface area (Å²) >= 11 is 0. The van der Waals surface area contributed by atoms with Gasteiger partial charge in [-0.1, -0.05) is 13.8 Å². The Morgan fingerprint density at radius 3 is 2.50 bits per heavy atom. The van der Waals surface area contributed by atoms with Crippen LogP contribution in [0, 0.1) is 40.4 Å². The van der Waals surface area contributed by atoms with Gasteiger partial charge in [-0.15, -0.1) is 0 Å². The summed E-state index contributed by atoms with van der Waals surface area (Å²) in [5.74, 6) is 1.30. The fourth-order valence-electron chi connectivity index (χ4n) is 7.36. The molecule has 3 N–H and O–H groups in total. The van der Waals surface area contributed by atoms with E-state index >= 15 is 0 Å². The Hall–Kier alpha value is -0.900. The van der Waals surface area contributed by atoms with Crippen LogP contribution in [0.4, 0.5) is 0 Å². The number of aliphatic hydroxyl groups is 1. The third-order valence-corrected chi connectivity index (χ3v) is 8.84. The first-order valence-electron chi connectivity index (χ1n) is 9.77. The van der Waals surface area contributed by atoms with Crippen LogP contribution in [-0.4, -0.2) is 22.9 Å². The lowest BCUT2D eigenvalue weighted by atomic mass is 9.44. The highest BCUT2D eigenvalue weighted by atomic mass is 16.3. The summed E-state index contributed by atoms with van der Waals surface area (Å²) < 4.78 is 0. The molecule has 4 heteroatoms. The molecular weight excluding hydrogens is 302 g/mol. The lowest BCUT2D eigenvalue weighted by Crippen LogP contribution is -2.56. The van der Waals surface area contributed by atoms with E-state index in [1.807, 2.05) is 0 Å². The van der Waals surface area contributed by atoms with Gasteiger partial charge >= 0.3 is 0 Å². The van der Waals surface area contributed by atoms with Crippen LogP contribution in [0.1, 0.15) is 65.2 Å². The molecule has 8 atom stereocenters. The zero-order chi connectivity index (χ0) is 17.3. The van der Waals surface area contributed by atoms with Crippen molar-refractivity contribution < 1.29 is 14.7 Å². The summed E-state index contributed by atoms with van der Waals surface area (Å²) in [7, 11) is 0. The van der Waals surface area contributed by atoms with Gasteiger partial charge in [0.25, 0.3) is 0 Å². The van der Waals surface area contributed by atoms with E-state index in [4.69, 9.17) is 5.73 Å². The summed E-state index contributed by atoms with van der Waals surface area (Å²) in [4.78, 5) is 24.1. The molecule has 24 heavy (non-hydrogen) atoms. The summed E-state index contributed by atoms with van der Waals surface area (Å²) in [6, 6.07) is 0. The summed E-state index contributed by atoms with van der Waals surface area (Å²) in [5, 5.41) is 10.5. The van der Waals surface area contributed by atoms with Crippen LogP contribution in [0.15, 0.2) is 0 Å². The van der Waals surface area contributed by atoms with Gasteiger partial charge in [0.2, 0.25) is 5.91 Å². The topological polar surface area (TPSA) is 80.4 Å². The molecule has 0 saturated heterocycles. The Kier molecular flexibility index (Phi) is 3.66. The number of ketones is 1. The van der Waals surface area contributed by atoms with Crippen molar-refractivity contribution in [1.29, 1.82) is 0 Å². The lowest BCUT2D eigenvalue weighted by Gasteiger charge is -2.60. The number of carbonyl (C=O) groups excluding carboxylic acids is 2. The predicted molar refractivity (Wildman–Crippen MR) is 90.8 cm³/mol. The zero-order valence-corrected chi connectivity index (χ0v) is 15.0. The van der Waals surface area contributed by atoms with Crippen molar-refractivity contribution in [2.45, 2.75) is 71.3 Å². The fourth-order valence-corrected chi connectivity index (χ4v) is 7.36. The first-order chi connectivity index (χ1) is 11.3. The van der Waals surface area contributed by atoms with E-state index in [1.165, 1.54) is 6.42 Å². The van der Waals surface area contributed by atoms with Gasteiger partial charge in [0.05, 0.1) is 12.0 Å². The average Bonchev–Trinajstić information content (AvgIpc) is 2.83. The van der Waals surface area contributed by atoms with Crippen molar-refractivity contribution in [3.8, 4) is 0 Å². The zero-order valence-electron chi connectivity index (χ0n) is 15.0. The van der Waals surface area contributed by atoms with Gasteiger partial charge in [-0.25, -0.2) is 0 Å². The average molecular weight is 333 g/mol. The molecule has 1 unspecified atom stereocenters. The maximum absolute atomic E-state index is 12.3. The van der Waals surface area contributed by atoms with E-state index in [2.05, 4.69) is 13.8 Å². The van der Waals surface area contributed by atoms with Crippen molar-refractivity contribution >= 4 is 11.7 Å². The molecule has 0 bridgehead atoms. The molecule has 0 aromatic carbocycles. The number of hydrogen-bond acceptors (Lipinski definition) is 3. The third-order valence-electron chi connectivity index (χ3n) is 8.84. The van der Waals surface area contributed by atoms with Crippen molar-refractivity contribution in [2.75, 3.05) is 0 Å². The molecule has 134 valence electrons. The largest absolute Gasteiger partial charge is 0.393 e. The van der Waals surface area contributed by atoms with Crippen LogP contribution in [-0.2, 0) is 9.59 Å². The standard InChI is InChI=1S/C20H31NO3/c1-19-8-7-15-12(14(19)5-6-17(19)23)4-3-11-9-16(22)13(18(21)24)10-20(11,15)2/h11-15,17,23H,3-10H2,1-2H3,(H2,21,24)/t11-,12-,13?,14-,15-,17-,19-,20-/m0/s1. The van der Waals surface area contributed by atoms with E-state index in [1.54, 1.807) is 0 Å². The van der Waals surface area contributed by atoms with Crippen LogP contribution >= 0.6 is 0 Å². The molecule has 4 rings (SSSR count). The second kappa shape index (κ2) is 5.30. The van der Waals surface area contributed by atoms with Crippen LogP contribution in [0.2, 0.25) is 0 Å². The van der Waals surface area contributed by atoms with E-state index in [9.17, 15) is 14.7 Å². The number of aliphatic hydroxyl groups excluding tert-OH is 1. The molecule has 4 nitrogen and oxygen atoms in total. The Bertz CT molecular complexity index is 575. The normalized spacial score (nSPS) is 53.9. The second-order valence-corrected chi connectivity index (χ2v) is 9.62. The highest BCUT2D eigenvalue weighted by Gasteiger charge is 2.61. The summed E-state index contributed by atoms with van der Waals surface area (Å²) in [6.45, 7) is 4.61. The number of nitrogens with two attached hydrogens (primary N) is 1. The minimum absolute atomic E-state index is 0.0609. The number of fused-ring (bicyclic) bond motifs is 5. The molecule has 4 saturated carbocycles. The van der Waals surface area contributed by atoms with Crippen LogP contribution in [0.5, 0.6) is 0 Å². The molecular formula is C20H31NO3. The van der Waals surface area contributed by atoms with Crippen molar-refractivity contribution in [1.82, 2.24) is 0 Å². The number of rotatable bonds is 1. The monoisotopic (exact) mass is 333 g/mol. The summed E-state index contributed by atoms with van der Waals surface area (Å²) in [6.07, 6.45) is 7.60. The van der Waals surface area contributed by atoms with E-state index in [-0.39, 0.29) is 22.7 Å². The van der Waals surface area contributed by atoms with Gasteiger partial charge in [0.1, 0.15) is 5.78 Å². The van der Waals surface area contributed by atoms with Gasteiger partial charge < -0.3 is 10.8 Å². The van der Waals surface area contributed by atoms with E-state index < -0.39 is 11.8 Å². The predicted octanol–water partition coefficient (Wildman–Crippen LogP) is 2.67. The molecule has 4 fully saturated rings. The Morgan fingerprint density at radius 1 is 1.08 bits per heavy atom. The first-order valence-corrected chi connectivity index (χ1v) is 9.77. The highest BCUT2D eigenvalue weighted by Crippen LogP contribution is 2.66. The molecule has 0 aliphatic heterocycles. The van der Waals surface area contributed by atoms with Gasteiger partial charge in [-0.2, -0.15) is 0 Å².